The molecule has 3 aromatic rings. The molecular formula is C27H27NO3. The van der Waals surface area contributed by atoms with Crippen molar-refractivity contribution in [2.24, 2.45) is 10.4 Å². The van der Waals surface area contributed by atoms with Gasteiger partial charge in [-0.1, -0.05) is 62.4 Å². The van der Waals surface area contributed by atoms with Gasteiger partial charge in [0.05, 0.1) is 24.1 Å². The second kappa shape index (κ2) is 8.38. The lowest BCUT2D eigenvalue weighted by Crippen LogP contribution is -2.32. The lowest BCUT2D eigenvalue weighted by molar-refractivity contribution is -0.117. The zero-order valence-corrected chi connectivity index (χ0v) is 18.2. The molecular weight excluding hydrogens is 386 g/mol. The van der Waals surface area contributed by atoms with Gasteiger partial charge in [0, 0.05) is 18.9 Å². The van der Waals surface area contributed by atoms with Crippen molar-refractivity contribution in [2.75, 3.05) is 7.11 Å². The highest BCUT2D eigenvalue weighted by Gasteiger charge is 2.36. The topological polar surface area (TPSA) is 58.9 Å². The molecule has 0 unspecified atom stereocenters. The molecule has 0 saturated heterocycles. The summed E-state index contributed by atoms with van der Waals surface area (Å²) in [5.74, 6) is 0.725. The maximum absolute atomic E-state index is 13.1. The molecule has 3 aromatic carbocycles. The molecule has 1 fully saturated rings. The van der Waals surface area contributed by atoms with Crippen molar-refractivity contribution < 1.29 is 14.6 Å². The zero-order chi connectivity index (χ0) is 22.0. The number of rotatable bonds is 4. The number of ether oxygens (including phenoxy) is 1. The first-order chi connectivity index (χ1) is 14.9. The van der Waals surface area contributed by atoms with Crippen LogP contribution in [0.5, 0.6) is 5.75 Å². The fraction of sp³-hybridized carbons (Fsp3) is 0.259. The quantitative estimate of drug-likeness (QED) is 0.400. The summed E-state index contributed by atoms with van der Waals surface area (Å²) in [6, 6.07) is 21.5. The van der Waals surface area contributed by atoms with E-state index in [1.54, 1.807) is 7.11 Å². The van der Waals surface area contributed by atoms with Crippen LogP contribution in [0.4, 0.5) is 5.69 Å². The minimum Gasteiger partial charge on any atom is -0.511 e. The highest BCUT2D eigenvalue weighted by atomic mass is 16.5. The summed E-state index contributed by atoms with van der Waals surface area (Å²) < 4.78 is 5.30. The number of hydrogen-bond acceptors (Lipinski definition) is 4. The van der Waals surface area contributed by atoms with Gasteiger partial charge in [-0.3, -0.25) is 9.79 Å². The number of hydrogen-bond donors (Lipinski definition) is 1. The fourth-order valence-corrected chi connectivity index (χ4v) is 4.26. The molecule has 4 nitrogen and oxygen atoms in total. The first kappa shape index (κ1) is 20.9. The number of allylic oxidation sites excluding steroid dienone is 2. The summed E-state index contributed by atoms with van der Waals surface area (Å²) in [5.41, 5.74) is 2.47. The SMILES string of the molecule is COc1cccc(N=C2CC(C)(C)CC(=O)C2=C(O)Cc2cccc3ccccc23)c1. The van der Waals surface area contributed by atoms with Gasteiger partial charge in [-0.2, -0.15) is 0 Å². The minimum absolute atomic E-state index is 0.0596. The molecule has 1 aliphatic carbocycles. The third-order valence-corrected chi connectivity index (χ3v) is 5.70. The highest BCUT2D eigenvalue weighted by Crippen LogP contribution is 2.37. The van der Waals surface area contributed by atoms with Gasteiger partial charge in [0.25, 0.3) is 0 Å². The monoisotopic (exact) mass is 413 g/mol. The van der Waals surface area contributed by atoms with E-state index in [1.807, 2.05) is 66.7 Å². The predicted octanol–water partition coefficient (Wildman–Crippen LogP) is 6.36. The fourth-order valence-electron chi connectivity index (χ4n) is 4.26. The number of Topliss-reactive ketones (excluding diaryl/α,β-unsaturated/α-hetero) is 1. The summed E-state index contributed by atoms with van der Waals surface area (Å²) in [6.45, 7) is 4.12. The van der Waals surface area contributed by atoms with Crippen molar-refractivity contribution in [1.29, 1.82) is 0 Å². The molecule has 4 rings (SSSR count). The van der Waals surface area contributed by atoms with Crippen molar-refractivity contribution >= 4 is 28.0 Å². The van der Waals surface area contributed by atoms with Gasteiger partial charge in [-0.05, 0) is 40.3 Å². The van der Waals surface area contributed by atoms with Gasteiger partial charge in [-0.15, -0.1) is 0 Å². The Morgan fingerprint density at radius 1 is 1.03 bits per heavy atom. The number of benzene rings is 3. The van der Waals surface area contributed by atoms with E-state index < -0.39 is 0 Å². The molecule has 4 heteroatoms. The van der Waals surface area contributed by atoms with Crippen molar-refractivity contribution in [3.63, 3.8) is 0 Å². The van der Waals surface area contributed by atoms with Crippen molar-refractivity contribution in [1.82, 2.24) is 0 Å². The predicted molar refractivity (Wildman–Crippen MR) is 125 cm³/mol. The Hall–Kier alpha value is -3.40. The molecule has 0 radical (unpaired) electrons. The summed E-state index contributed by atoms with van der Waals surface area (Å²) in [7, 11) is 1.61. The number of aliphatic imine (C=N–C) groups is 1. The molecule has 0 heterocycles. The lowest BCUT2D eigenvalue weighted by Gasteiger charge is -2.31. The molecule has 1 aliphatic rings. The number of aliphatic hydroxyl groups excluding tert-OH is 1. The van der Waals surface area contributed by atoms with Gasteiger partial charge in [0.1, 0.15) is 11.5 Å². The Balaban J connectivity index is 1.79. The summed E-state index contributed by atoms with van der Waals surface area (Å²) in [4.78, 5) is 17.9. The number of carbonyl (C=O) groups is 1. The van der Waals surface area contributed by atoms with Crippen LogP contribution in [0.1, 0.15) is 32.3 Å². The van der Waals surface area contributed by atoms with Crippen molar-refractivity contribution in [2.45, 2.75) is 33.1 Å². The number of carbonyl (C=O) groups excluding carboxylic acids is 1. The van der Waals surface area contributed by atoms with Gasteiger partial charge < -0.3 is 9.84 Å². The van der Waals surface area contributed by atoms with E-state index in [1.165, 1.54) is 0 Å². The van der Waals surface area contributed by atoms with Crippen LogP contribution >= 0.6 is 0 Å². The summed E-state index contributed by atoms with van der Waals surface area (Å²) in [6.07, 6.45) is 1.30. The van der Waals surface area contributed by atoms with Gasteiger partial charge in [0.2, 0.25) is 0 Å². The summed E-state index contributed by atoms with van der Waals surface area (Å²) in [5, 5.41) is 13.3. The van der Waals surface area contributed by atoms with Crippen molar-refractivity contribution in [3.05, 3.63) is 83.6 Å². The Morgan fingerprint density at radius 3 is 2.58 bits per heavy atom. The van der Waals surface area contributed by atoms with Crippen LogP contribution < -0.4 is 4.74 Å². The standard InChI is InChI=1S/C27H27NO3/c1-27(2)16-23(28-20-11-7-12-21(15-20)31-3)26(25(30)17-27)24(29)14-19-10-6-9-18-8-4-5-13-22(18)19/h4-13,15,29H,14,16-17H2,1-3H3. The average Bonchev–Trinajstić information content (AvgIpc) is 2.73. The largest absolute Gasteiger partial charge is 0.511 e. The molecule has 0 amide bonds. The Bertz CT molecular complexity index is 1200. The Labute approximate surface area is 182 Å². The molecule has 0 spiro atoms. The highest BCUT2D eigenvalue weighted by molar-refractivity contribution is 6.25. The molecule has 1 N–H and O–H groups in total. The third-order valence-electron chi connectivity index (χ3n) is 5.70. The molecule has 158 valence electrons. The second-order valence-electron chi connectivity index (χ2n) is 8.84. The van der Waals surface area contributed by atoms with Crippen LogP contribution in [0, 0.1) is 5.41 Å². The van der Waals surface area contributed by atoms with E-state index in [4.69, 9.17) is 9.73 Å². The maximum atomic E-state index is 13.1. The number of fused-ring (bicyclic) bond motifs is 1. The van der Waals surface area contributed by atoms with Crippen LogP contribution in [0.3, 0.4) is 0 Å². The molecule has 0 aromatic heterocycles. The summed E-state index contributed by atoms with van der Waals surface area (Å²) >= 11 is 0. The molecule has 1 saturated carbocycles. The van der Waals surface area contributed by atoms with E-state index >= 15 is 0 Å². The van der Waals surface area contributed by atoms with E-state index in [0.717, 1.165) is 16.3 Å². The van der Waals surface area contributed by atoms with Crippen LogP contribution in [0.15, 0.2) is 83.1 Å². The average molecular weight is 414 g/mol. The number of ketones is 1. The van der Waals surface area contributed by atoms with Crippen LogP contribution in [-0.4, -0.2) is 23.7 Å². The van der Waals surface area contributed by atoms with E-state index in [-0.39, 0.29) is 17.0 Å². The number of methoxy groups -OCH3 is 1. The molecule has 0 atom stereocenters. The Kier molecular flexibility index (Phi) is 5.64. The lowest BCUT2D eigenvalue weighted by atomic mass is 9.73. The van der Waals surface area contributed by atoms with E-state index in [9.17, 15) is 9.90 Å². The van der Waals surface area contributed by atoms with E-state index in [0.29, 0.717) is 42.0 Å². The van der Waals surface area contributed by atoms with Crippen LogP contribution in [-0.2, 0) is 11.2 Å². The number of nitrogens with zero attached hydrogens (tertiary/aromatic N) is 1. The van der Waals surface area contributed by atoms with Gasteiger partial charge in [-0.25, -0.2) is 0 Å². The molecule has 31 heavy (non-hydrogen) atoms. The number of aliphatic hydroxyl groups is 1. The first-order valence-corrected chi connectivity index (χ1v) is 10.5. The van der Waals surface area contributed by atoms with Gasteiger partial charge >= 0.3 is 0 Å². The molecule has 0 aliphatic heterocycles. The first-order valence-electron chi connectivity index (χ1n) is 10.5. The smallest absolute Gasteiger partial charge is 0.168 e. The zero-order valence-electron chi connectivity index (χ0n) is 18.2. The normalized spacial score (nSPS) is 18.9. The Morgan fingerprint density at radius 2 is 1.77 bits per heavy atom. The van der Waals surface area contributed by atoms with Gasteiger partial charge in [0.15, 0.2) is 5.78 Å². The van der Waals surface area contributed by atoms with Crippen LogP contribution in [0.2, 0.25) is 0 Å². The molecule has 0 bridgehead atoms. The van der Waals surface area contributed by atoms with Crippen LogP contribution in [0.25, 0.3) is 10.8 Å². The van der Waals surface area contributed by atoms with E-state index in [2.05, 4.69) is 13.8 Å². The maximum Gasteiger partial charge on any atom is 0.168 e. The third kappa shape index (κ3) is 4.53. The second-order valence-corrected chi connectivity index (χ2v) is 8.84. The minimum atomic E-state index is -0.210. The van der Waals surface area contributed by atoms with Crippen molar-refractivity contribution in [3.8, 4) is 5.75 Å².